The number of carbonyl (C=O) groups is 1. The van der Waals surface area contributed by atoms with Crippen molar-refractivity contribution in [3.63, 3.8) is 0 Å². The molecule has 5 heteroatoms. The molecule has 0 aliphatic heterocycles. The maximum absolute atomic E-state index is 10.6. The molecule has 1 aromatic rings. The Morgan fingerprint density at radius 3 is 2.80 bits per heavy atom. The lowest BCUT2D eigenvalue weighted by Crippen LogP contribution is -1.94. The van der Waals surface area contributed by atoms with Crippen LogP contribution < -0.4 is 0 Å². The average Bonchev–Trinajstić information content (AvgIpc) is 2.25. The smallest absolute Gasteiger partial charge is 0.279 e. The number of rotatable bonds is 5. The molecule has 0 saturated carbocycles. The van der Waals surface area contributed by atoms with Crippen molar-refractivity contribution in [2.75, 3.05) is 5.75 Å². The van der Waals surface area contributed by atoms with Gasteiger partial charge in [-0.2, -0.15) is 0 Å². The summed E-state index contributed by atoms with van der Waals surface area (Å²) in [5.41, 5.74) is 0.00644. The molecule has 0 N–H and O–H groups in total. The molecule has 1 aromatic carbocycles. The fraction of sp³-hybridized carbons (Fsp3) is 0.300. The summed E-state index contributed by atoms with van der Waals surface area (Å²) in [5, 5.41) is 10.5. The van der Waals surface area contributed by atoms with Crippen LogP contribution in [0.4, 0.5) is 5.69 Å². The van der Waals surface area contributed by atoms with E-state index in [9.17, 15) is 14.9 Å². The number of hydrogen-bond acceptors (Lipinski definition) is 4. The SMILES string of the molecule is CCCSc1ccc([N+](=O)[O-])c(C=O)c1. The molecular weight excluding hydrogens is 214 g/mol. The van der Waals surface area contributed by atoms with Gasteiger partial charge in [0.15, 0.2) is 6.29 Å². The van der Waals surface area contributed by atoms with Crippen molar-refractivity contribution in [2.45, 2.75) is 18.2 Å². The van der Waals surface area contributed by atoms with E-state index in [0.717, 1.165) is 17.1 Å². The second-order valence-corrected chi connectivity index (χ2v) is 4.11. The lowest BCUT2D eigenvalue weighted by molar-refractivity contribution is -0.385. The number of benzene rings is 1. The van der Waals surface area contributed by atoms with Gasteiger partial charge in [0.1, 0.15) is 0 Å². The van der Waals surface area contributed by atoms with Crippen LogP contribution in [0.3, 0.4) is 0 Å². The molecule has 0 bridgehead atoms. The van der Waals surface area contributed by atoms with E-state index in [1.807, 2.05) is 0 Å². The lowest BCUT2D eigenvalue weighted by atomic mass is 10.2. The summed E-state index contributed by atoms with van der Waals surface area (Å²) < 4.78 is 0. The first kappa shape index (κ1) is 11.7. The van der Waals surface area contributed by atoms with E-state index in [2.05, 4.69) is 6.92 Å². The molecule has 0 atom stereocenters. The Morgan fingerprint density at radius 1 is 1.53 bits per heavy atom. The third-order valence-corrected chi connectivity index (χ3v) is 3.00. The number of hydrogen-bond donors (Lipinski definition) is 0. The van der Waals surface area contributed by atoms with Gasteiger partial charge in [-0.15, -0.1) is 11.8 Å². The number of carbonyl (C=O) groups excluding carboxylic acids is 1. The van der Waals surface area contributed by atoms with Crippen LogP contribution in [-0.2, 0) is 0 Å². The van der Waals surface area contributed by atoms with Crippen LogP contribution in [0, 0.1) is 10.1 Å². The molecule has 15 heavy (non-hydrogen) atoms. The van der Waals surface area contributed by atoms with Crippen molar-refractivity contribution >= 4 is 23.7 Å². The lowest BCUT2D eigenvalue weighted by Gasteiger charge is -2.01. The minimum absolute atomic E-state index is 0.133. The molecule has 0 saturated heterocycles. The molecular formula is C10H11NO3S. The van der Waals surface area contributed by atoms with Gasteiger partial charge in [0, 0.05) is 11.0 Å². The quantitative estimate of drug-likeness (QED) is 0.334. The summed E-state index contributed by atoms with van der Waals surface area (Å²) in [7, 11) is 0. The van der Waals surface area contributed by atoms with Gasteiger partial charge in [0.2, 0.25) is 0 Å². The van der Waals surface area contributed by atoms with Gasteiger partial charge < -0.3 is 0 Å². The van der Waals surface area contributed by atoms with E-state index < -0.39 is 4.92 Å². The summed E-state index contributed by atoms with van der Waals surface area (Å²) in [4.78, 5) is 21.5. The average molecular weight is 225 g/mol. The standard InChI is InChI=1S/C10H11NO3S/c1-2-5-15-9-3-4-10(11(13)14)8(6-9)7-12/h3-4,6-7H,2,5H2,1H3. The second kappa shape index (κ2) is 5.50. The zero-order chi connectivity index (χ0) is 11.3. The van der Waals surface area contributed by atoms with Crippen LogP contribution in [0.25, 0.3) is 0 Å². The number of thioether (sulfide) groups is 1. The van der Waals surface area contributed by atoms with Gasteiger partial charge in [-0.05, 0) is 24.3 Å². The van der Waals surface area contributed by atoms with E-state index in [0.29, 0.717) is 6.29 Å². The first-order valence-electron chi connectivity index (χ1n) is 4.55. The Labute approximate surface area is 91.8 Å². The summed E-state index contributed by atoms with van der Waals surface area (Å²) in [6.45, 7) is 2.05. The van der Waals surface area contributed by atoms with Crippen LogP contribution in [0.15, 0.2) is 23.1 Å². The summed E-state index contributed by atoms with van der Waals surface area (Å²) in [6.07, 6.45) is 1.55. The molecule has 0 fully saturated rings. The normalized spacial score (nSPS) is 9.93. The summed E-state index contributed by atoms with van der Waals surface area (Å²) >= 11 is 1.59. The first-order chi connectivity index (χ1) is 7.19. The highest BCUT2D eigenvalue weighted by Gasteiger charge is 2.13. The maximum Gasteiger partial charge on any atom is 0.279 e. The summed E-state index contributed by atoms with van der Waals surface area (Å²) in [6, 6.07) is 4.61. The minimum Gasteiger partial charge on any atom is -0.298 e. The second-order valence-electron chi connectivity index (χ2n) is 2.94. The predicted molar refractivity (Wildman–Crippen MR) is 59.5 cm³/mol. The zero-order valence-corrected chi connectivity index (χ0v) is 9.12. The van der Waals surface area contributed by atoms with E-state index in [1.54, 1.807) is 23.9 Å². The molecule has 0 amide bonds. The number of aldehydes is 1. The molecule has 0 aliphatic rings. The molecule has 0 aromatic heterocycles. The minimum atomic E-state index is -0.544. The Hall–Kier alpha value is -1.36. The molecule has 4 nitrogen and oxygen atoms in total. The largest absolute Gasteiger partial charge is 0.298 e. The van der Waals surface area contributed by atoms with Gasteiger partial charge in [-0.25, -0.2) is 0 Å². The number of nitro benzene ring substituents is 1. The van der Waals surface area contributed by atoms with Gasteiger partial charge in [-0.1, -0.05) is 6.92 Å². The Morgan fingerprint density at radius 2 is 2.27 bits per heavy atom. The van der Waals surface area contributed by atoms with Crippen molar-refractivity contribution in [3.05, 3.63) is 33.9 Å². The molecule has 0 radical (unpaired) electrons. The van der Waals surface area contributed by atoms with E-state index in [4.69, 9.17) is 0 Å². The topological polar surface area (TPSA) is 60.2 Å². The molecule has 0 unspecified atom stereocenters. The zero-order valence-electron chi connectivity index (χ0n) is 8.30. The Kier molecular flexibility index (Phi) is 4.30. The van der Waals surface area contributed by atoms with E-state index >= 15 is 0 Å². The van der Waals surface area contributed by atoms with Gasteiger partial charge in [0.25, 0.3) is 5.69 Å². The van der Waals surface area contributed by atoms with Crippen LogP contribution in [0.1, 0.15) is 23.7 Å². The van der Waals surface area contributed by atoms with Crippen molar-refractivity contribution in [2.24, 2.45) is 0 Å². The van der Waals surface area contributed by atoms with Crippen molar-refractivity contribution < 1.29 is 9.72 Å². The molecule has 0 spiro atoms. The van der Waals surface area contributed by atoms with Crippen molar-refractivity contribution in [1.82, 2.24) is 0 Å². The Bertz CT molecular complexity index is 379. The molecule has 0 aliphatic carbocycles. The van der Waals surface area contributed by atoms with Crippen LogP contribution in [0.5, 0.6) is 0 Å². The van der Waals surface area contributed by atoms with Crippen LogP contribution in [0.2, 0.25) is 0 Å². The van der Waals surface area contributed by atoms with E-state index in [-0.39, 0.29) is 11.3 Å². The Balaban J connectivity index is 2.97. The molecule has 80 valence electrons. The summed E-state index contributed by atoms with van der Waals surface area (Å²) in [5.74, 6) is 0.941. The van der Waals surface area contributed by atoms with Gasteiger partial charge in [-0.3, -0.25) is 14.9 Å². The third-order valence-electron chi connectivity index (χ3n) is 1.80. The van der Waals surface area contributed by atoms with E-state index in [1.165, 1.54) is 6.07 Å². The van der Waals surface area contributed by atoms with Crippen molar-refractivity contribution in [3.8, 4) is 0 Å². The third kappa shape index (κ3) is 3.06. The monoisotopic (exact) mass is 225 g/mol. The highest BCUT2D eigenvalue weighted by atomic mass is 32.2. The number of nitro groups is 1. The van der Waals surface area contributed by atoms with Crippen molar-refractivity contribution in [1.29, 1.82) is 0 Å². The predicted octanol–water partition coefficient (Wildman–Crippen LogP) is 2.91. The fourth-order valence-electron chi connectivity index (χ4n) is 1.10. The van der Waals surface area contributed by atoms with Gasteiger partial charge >= 0.3 is 0 Å². The highest BCUT2D eigenvalue weighted by Crippen LogP contribution is 2.25. The molecule has 0 heterocycles. The fourth-order valence-corrected chi connectivity index (χ4v) is 1.92. The maximum atomic E-state index is 10.6. The molecule has 1 rings (SSSR count). The highest BCUT2D eigenvalue weighted by molar-refractivity contribution is 7.99. The number of nitrogens with zero attached hydrogens (tertiary/aromatic N) is 1. The van der Waals surface area contributed by atoms with Crippen LogP contribution >= 0.6 is 11.8 Å². The van der Waals surface area contributed by atoms with Gasteiger partial charge in [0.05, 0.1) is 10.5 Å². The van der Waals surface area contributed by atoms with Crippen LogP contribution in [-0.4, -0.2) is 17.0 Å². The first-order valence-corrected chi connectivity index (χ1v) is 5.54.